The lowest BCUT2D eigenvalue weighted by Crippen LogP contribution is -2.13. The lowest BCUT2D eigenvalue weighted by Gasteiger charge is -2.03. The number of hydrogen-bond donors (Lipinski definition) is 1. The van der Waals surface area contributed by atoms with Crippen LogP contribution in [0.5, 0.6) is 0 Å². The second-order valence-corrected chi connectivity index (χ2v) is 2.10. The van der Waals surface area contributed by atoms with Gasteiger partial charge in [0.2, 0.25) is 0 Å². The van der Waals surface area contributed by atoms with E-state index in [2.05, 4.69) is 9.98 Å². The molecule has 0 aromatic rings. The van der Waals surface area contributed by atoms with Crippen LogP contribution in [0.1, 0.15) is 6.92 Å². The molecule has 0 aliphatic heterocycles. The lowest BCUT2D eigenvalue weighted by atomic mass is 10.7. The molecule has 0 bridgehead atoms. The third-order valence-electron chi connectivity index (χ3n) is 0.982. The SMILES string of the molecule is CN=C(N=C(C)N)OCCOC. The summed E-state index contributed by atoms with van der Waals surface area (Å²) in [5.41, 5.74) is 5.33. The van der Waals surface area contributed by atoms with Gasteiger partial charge >= 0.3 is 6.02 Å². The second-order valence-electron chi connectivity index (χ2n) is 2.10. The molecule has 0 atom stereocenters. The molecular weight excluding hydrogens is 158 g/mol. The van der Waals surface area contributed by atoms with Gasteiger partial charge in [-0.2, -0.15) is 4.99 Å². The molecule has 0 aromatic carbocycles. The van der Waals surface area contributed by atoms with Gasteiger partial charge in [-0.15, -0.1) is 0 Å². The first-order chi connectivity index (χ1) is 5.70. The molecular formula is C7H15N3O2. The number of rotatable bonds is 3. The van der Waals surface area contributed by atoms with Crippen molar-refractivity contribution in [1.29, 1.82) is 0 Å². The van der Waals surface area contributed by atoms with Crippen molar-refractivity contribution in [2.75, 3.05) is 27.4 Å². The molecule has 0 aromatic heterocycles. The largest absolute Gasteiger partial charge is 0.461 e. The van der Waals surface area contributed by atoms with Crippen LogP contribution < -0.4 is 5.73 Å². The van der Waals surface area contributed by atoms with Gasteiger partial charge in [0.25, 0.3) is 0 Å². The van der Waals surface area contributed by atoms with E-state index in [0.717, 1.165) is 0 Å². The van der Waals surface area contributed by atoms with Crippen molar-refractivity contribution in [2.24, 2.45) is 15.7 Å². The van der Waals surface area contributed by atoms with Crippen LogP contribution in [0, 0.1) is 0 Å². The maximum Gasteiger partial charge on any atom is 0.313 e. The minimum atomic E-state index is 0.284. The Kier molecular flexibility index (Phi) is 6.00. The highest BCUT2D eigenvalue weighted by Gasteiger charge is 1.95. The van der Waals surface area contributed by atoms with Crippen LogP contribution in [0.4, 0.5) is 0 Å². The van der Waals surface area contributed by atoms with E-state index in [0.29, 0.717) is 19.0 Å². The average Bonchev–Trinajstić information content (AvgIpc) is 2.02. The molecule has 0 fully saturated rings. The molecule has 12 heavy (non-hydrogen) atoms. The molecule has 0 spiro atoms. The van der Waals surface area contributed by atoms with Crippen LogP contribution in [0.3, 0.4) is 0 Å². The van der Waals surface area contributed by atoms with Crippen molar-refractivity contribution in [3.8, 4) is 0 Å². The fraction of sp³-hybridized carbons (Fsp3) is 0.714. The monoisotopic (exact) mass is 173 g/mol. The minimum absolute atomic E-state index is 0.284. The fourth-order valence-electron chi connectivity index (χ4n) is 0.514. The molecule has 70 valence electrons. The van der Waals surface area contributed by atoms with Gasteiger partial charge < -0.3 is 15.2 Å². The highest BCUT2D eigenvalue weighted by molar-refractivity contribution is 5.91. The molecule has 0 heterocycles. The summed E-state index contributed by atoms with van der Waals surface area (Å²) in [6, 6.07) is 0.284. The number of aliphatic imine (C=N–C) groups is 2. The highest BCUT2D eigenvalue weighted by atomic mass is 16.5. The Balaban J connectivity index is 3.78. The maximum absolute atomic E-state index is 5.33. The van der Waals surface area contributed by atoms with Gasteiger partial charge in [-0.05, 0) is 6.92 Å². The van der Waals surface area contributed by atoms with Crippen molar-refractivity contribution in [3.63, 3.8) is 0 Å². The molecule has 0 rings (SSSR count). The van der Waals surface area contributed by atoms with Gasteiger partial charge in [-0.1, -0.05) is 0 Å². The summed E-state index contributed by atoms with van der Waals surface area (Å²) in [5.74, 6) is 0.424. The summed E-state index contributed by atoms with van der Waals surface area (Å²) in [6.07, 6.45) is 0. The Morgan fingerprint density at radius 1 is 1.42 bits per heavy atom. The minimum Gasteiger partial charge on any atom is -0.461 e. The molecule has 5 heteroatoms. The first-order valence-electron chi connectivity index (χ1n) is 3.60. The molecule has 0 saturated carbocycles. The van der Waals surface area contributed by atoms with Crippen molar-refractivity contribution < 1.29 is 9.47 Å². The molecule has 2 N–H and O–H groups in total. The normalized spacial score (nSPS) is 13.2. The zero-order valence-electron chi connectivity index (χ0n) is 7.70. The van der Waals surface area contributed by atoms with E-state index < -0.39 is 0 Å². The van der Waals surface area contributed by atoms with Crippen molar-refractivity contribution in [1.82, 2.24) is 0 Å². The summed E-state index contributed by atoms with van der Waals surface area (Å²) in [5, 5.41) is 0. The topological polar surface area (TPSA) is 69.2 Å². The summed E-state index contributed by atoms with van der Waals surface area (Å²) in [7, 11) is 3.19. The lowest BCUT2D eigenvalue weighted by molar-refractivity contribution is 0.140. The summed E-state index contributed by atoms with van der Waals surface area (Å²) < 4.78 is 9.88. The number of amidine groups is 2. The van der Waals surface area contributed by atoms with Crippen LogP contribution >= 0.6 is 0 Å². The maximum atomic E-state index is 5.33. The number of methoxy groups -OCH3 is 1. The molecule has 0 aliphatic rings. The first-order valence-corrected chi connectivity index (χ1v) is 3.60. The van der Waals surface area contributed by atoms with Crippen molar-refractivity contribution in [3.05, 3.63) is 0 Å². The van der Waals surface area contributed by atoms with E-state index in [1.54, 1.807) is 21.1 Å². The Morgan fingerprint density at radius 2 is 2.08 bits per heavy atom. The summed E-state index contributed by atoms with van der Waals surface area (Å²) >= 11 is 0. The van der Waals surface area contributed by atoms with E-state index in [-0.39, 0.29) is 6.02 Å². The third-order valence-corrected chi connectivity index (χ3v) is 0.982. The number of ether oxygens (including phenoxy) is 2. The zero-order valence-corrected chi connectivity index (χ0v) is 7.70. The third kappa shape index (κ3) is 5.67. The Morgan fingerprint density at radius 3 is 2.50 bits per heavy atom. The standard InChI is InChI=1S/C7H15N3O2/c1-6(8)10-7(9-2)12-5-4-11-3/h4-5H2,1-3H3,(H2,8,9,10). The van der Waals surface area contributed by atoms with E-state index in [1.165, 1.54) is 0 Å². The van der Waals surface area contributed by atoms with Gasteiger partial charge in [-0.3, -0.25) is 0 Å². The van der Waals surface area contributed by atoms with Gasteiger partial charge in [0.05, 0.1) is 6.61 Å². The van der Waals surface area contributed by atoms with Crippen molar-refractivity contribution >= 4 is 11.9 Å². The van der Waals surface area contributed by atoms with E-state index in [4.69, 9.17) is 15.2 Å². The Labute approximate surface area is 72.3 Å². The zero-order chi connectivity index (χ0) is 9.40. The number of nitrogens with zero attached hydrogens (tertiary/aromatic N) is 2. The highest BCUT2D eigenvalue weighted by Crippen LogP contribution is 1.85. The fourth-order valence-corrected chi connectivity index (χ4v) is 0.514. The van der Waals surface area contributed by atoms with Crippen LogP contribution in [0.25, 0.3) is 0 Å². The van der Waals surface area contributed by atoms with Crippen LogP contribution in [-0.4, -0.2) is 39.2 Å². The van der Waals surface area contributed by atoms with Crippen LogP contribution in [-0.2, 0) is 9.47 Å². The Bertz CT molecular complexity index is 173. The summed E-state index contributed by atoms with van der Waals surface area (Å²) in [4.78, 5) is 7.61. The molecule has 0 aliphatic carbocycles. The smallest absolute Gasteiger partial charge is 0.313 e. The van der Waals surface area contributed by atoms with E-state index in [9.17, 15) is 0 Å². The summed E-state index contributed by atoms with van der Waals surface area (Å²) in [6.45, 7) is 2.61. The molecule has 0 amide bonds. The average molecular weight is 173 g/mol. The second kappa shape index (κ2) is 6.60. The predicted octanol–water partition coefficient (Wildman–Crippen LogP) is 0.0123. The van der Waals surface area contributed by atoms with Crippen LogP contribution in [0.2, 0.25) is 0 Å². The molecule has 0 radical (unpaired) electrons. The first kappa shape index (κ1) is 10.9. The molecule has 0 saturated heterocycles. The molecule has 0 unspecified atom stereocenters. The van der Waals surface area contributed by atoms with Gasteiger partial charge in [0.1, 0.15) is 12.4 Å². The van der Waals surface area contributed by atoms with E-state index in [1.807, 2.05) is 0 Å². The number of hydrogen-bond acceptors (Lipinski definition) is 3. The molecule has 5 nitrogen and oxygen atoms in total. The van der Waals surface area contributed by atoms with Crippen molar-refractivity contribution in [2.45, 2.75) is 6.92 Å². The quantitative estimate of drug-likeness (QED) is 0.371. The van der Waals surface area contributed by atoms with Gasteiger partial charge in [-0.25, -0.2) is 4.99 Å². The van der Waals surface area contributed by atoms with Gasteiger partial charge in [0, 0.05) is 14.2 Å². The van der Waals surface area contributed by atoms with Crippen LogP contribution in [0.15, 0.2) is 9.98 Å². The predicted molar refractivity (Wildman–Crippen MR) is 48.5 cm³/mol. The van der Waals surface area contributed by atoms with E-state index >= 15 is 0 Å². The number of nitrogens with two attached hydrogens (primary N) is 1. The Hall–Kier alpha value is -1.10. The van der Waals surface area contributed by atoms with Gasteiger partial charge in [0.15, 0.2) is 0 Å².